The van der Waals surface area contributed by atoms with E-state index >= 15 is 0 Å². The maximum Gasteiger partial charge on any atom is 0.274 e. The summed E-state index contributed by atoms with van der Waals surface area (Å²) < 4.78 is 25.4. The van der Waals surface area contributed by atoms with Gasteiger partial charge in [-0.15, -0.1) is 0 Å². The average Bonchev–Trinajstić information content (AvgIpc) is 2.21. The van der Waals surface area contributed by atoms with Gasteiger partial charge in [0.15, 0.2) is 11.6 Å². The molecule has 5 heteroatoms. The van der Waals surface area contributed by atoms with E-state index in [1.807, 2.05) is 0 Å². The molecule has 0 unspecified atom stereocenters. The van der Waals surface area contributed by atoms with Crippen molar-refractivity contribution in [2.45, 2.75) is 6.92 Å². The van der Waals surface area contributed by atoms with Crippen LogP contribution in [0.15, 0.2) is 30.4 Å². The second-order valence-corrected chi connectivity index (χ2v) is 3.31. The summed E-state index contributed by atoms with van der Waals surface area (Å²) in [7, 11) is 0. The first-order chi connectivity index (χ1) is 7.50. The molecule has 0 saturated heterocycles. The molecular weight excluding hydrogens is 216 g/mol. The summed E-state index contributed by atoms with van der Waals surface area (Å²) in [4.78, 5) is 16.1. The first-order valence-corrected chi connectivity index (χ1v) is 4.52. The van der Waals surface area contributed by atoms with Crippen LogP contribution < -0.4 is 5.48 Å². The van der Waals surface area contributed by atoms with Gasteiger partial charge in [-0.1, -0.05) is 12.2 Å². The number of benzene rings is 1. The minimum absolute atomic E-state index is 0.0133. The molecule has 16 heavy (non-hydrogen) atoms. The molecule has 0 saturated carbocycles. The SMILES string of the molecule is C=C(C)CONC(=O)c1ccc(F)c(F)c1. The number of hydrogen-bond acceptors (Lipinski definition) is 2. The fourth-order valence-corrected chi connectivity index (χ4v) is 0.921. The Labute approximate surface area is 91.7 Å². The lowest BCUT2D eigenvalue weighted by Gasteiger charge is -2.05. The summed E-state index contributed by atoms with van der Waals surface area (Å²) in [6.07, 6.45) is 0. The number of carbonyl (C=O) groups excluding carboxylic acids is 1. The van der Waals surface area contributed by atoms with Gasteiger partial charge in [0, 0.05) is 5.56 Å². The predicted octanol–water partition coefficient (Wildman–Crippen LogP) is 2.20. The smallest absolute Gasteiger partial charge is 0.269 e. The molecular formula is C11H11F2NO2. The van der Waals surface area contributed by atoms with Gasteiger partial charge in [-0.25, -0.2) is 14.3 Å². The van der Waals surface area contributed by atoms with Crippen molar-refractivity contribution in [3.05, 3.63) is 47.5 Å². The van der Waals surface area contributed by atoms with Crippen molar-refractivity contribution in [3.8, 4) is 0 Å². The van der Waals surface area contributed by atoms with E-state index in [1.165, 1.54) is 0 Å². The number of hydrogen-bond donors (Lipinski definition) is 1. The van der Waals surface area contributed by atoms with Crippen LogP contribution in [0.2, 0.25) is 0 Å². The van der Waals surface area contributed by atoms with Gasteiger partial charge in [0.05, 0.1) is 6.61 Å². The molecule has 1 N–H and O–H groups in total. The largest absolute Gasteiger partial charge is 0.274 e. The lowest BCUT2D eigenvalue weighted by atomic mass is 10.2. The third-order valence-corrected chi connectivity index (χ3v) is 1.67. The Morgan fingerprint density at radius 1 is 1.44 bits per heavy atom. The molecule has 86 valence electrons. The van der Waals surface area contributed by atoms with Crippen molar-refractivity contribution in [2.24, 2.45) is 0 Å². The number of carbonyl (C=O) groups is 1. The van der Waals surface area contributed by atoms with Crippen LogP contribution in [0.25, 0.3) is 0 Å². The van der Waals surface area contributed by atoms with Crippen LogP contribution in [-0.2, 0) is 4.84 Å². The van der Waals surface area contributed by atoms with E-state index in [0.29, 0.717) is 0 Å². The fourth-order valence-electron chi connectivity index (χ4n) is 0.921. The average molecular weight is 227 g/mol. The maximum absolute atomic E-state index is 12.8. The van der Waals surface area contributed by atoms with Crippen LogP contribution in [0.4, 0.5) is 8.78 Å². The van der Waals surface area contributed by atoms with Gasteiger partial charge in [0.25, 0.3) is 5.91 Å². The Hall–Kier alpha value is -1.75. The van der Waals surface area contributed by atoms with Crippen LogP contribution in [0.1, 0.15) is 17.3 Å². The topological polar surface area (TPSA) is 38.3 Å². The second-order valence-electron chi connectivity index (χ2n) is 3.31. The standard InChI is InChI=1S/C11H11F2NO2/c1-7(2)6-16-14-11(15)8-3-4-9(12)10(13)5-8/h3-5H,1,6H2,2H3,(H,14,15). The van der Waals surface area contributed by atoms with E-state index in [0.717, 1.165) is 23.8 Å². The molecule has 1 aromatic carbocycles. The third kappa shape index (κ3) is 3.43. The van der Waals surface area contributed by atoms with Gasteiger partial charge in [-0.3, -0.25) is 9.63 Å². The van der Waals surface area contributed by atoms with E-state index < -0.39 is 17.5 Å². The highest BCUT2D eigenvalue weighted by molar-refractivity contribution is 5.93. The molecule has 1 aromatic rings. The highest BCUT2D eigenvalue weighted by Gasteiger charge is 2.09. The van der Waals surface area contributed by atoms with E-state index in [-0.39, 0.29) is 12.2 Å². The molecule has 0 aliphatic rings. The summed E-state index contributed by atoms with van der Waals surface area (Å²) in [6.45, 7) is 5.45. The Bertz CT molecular complexity index is 418. The first kappa shape index (κ1) is 12.3. The van der Waals surface area contributed by atoms with Crippen molar-refractivity contribution < 1.29 is 18.4 Å². The van der Waals surface area contributed by atoms with Crippen LogP contribution in [0.5, 0.6) is 0 Å². The summed E-state index contributed by atoms with van der Waals surface area (Å²) in [5.41, 5.74) is 2.80. The Kier molecular flexibility index (Phi) is 4.13. The molecule has 1 amide bonds. The van der Waals surface area contributed by atoms with E-state index in [1.54, 1.807) is 6.92 Å². The minimum atomic E-state index is -1.08. The van der Waals surface area contributed by atoms with Crippen LogP contribution in [0.3, 0.4) is 0 Å². The molecule has 0 aliphatic carbocycles. The summed E-state index contributed by atoms with van der Waals surface area (Å²) in [6, 6.07) is 2.84. The number of amides is 1. The Morgan fingerprint density at radius 3 is 2.69 bits per heavy atom. The van der Waals surface area contributed by atoms with Gasteiger partial charge in [-0.2, -0.15) is 0 Å². The highest BCUT2D eigenvalue weighted by Crippen LogP contribution is 2.08. The molecule has 0 heterocycles. The molecule has 0 aromatic heterocycles. The monoisotopic (exact) mass is 227 g/mol. The molecule has 0 bridgehead atoms. The molecule has 0 fully saturated rings. The summed E-state index contributed by atoms with van der Waals surface area (Å²) >= 11 is 0. The highest BCUT2D eigenvalue weighted by atomic mass is 19.2. The number of hydroxylamine groups is 1. The Morgan fingerprint density at radius 2 is 2.12 bits per heavy atom. The van der Waals surface area contributed by atoms with Crippen LogP contribution in [-0.4, -0.2) is 12.5 Å². The lowest BCUT2D eigenvalue weighted by molar-refractivity contribution is 0.0400. The number of rotatable bonds is 4. The van der Waals surface area contributed by atoms with Gasteiger partial charge in [0.1, 0.15) is 0 Å². The molecule has 0 aliphatic heterocycles. The summed E-state index contributed by atoms with van der Waals surface area (Å²) in [5, 5.41) is 0. The predicted molar refractivity (Wildman–Crippen MR) is 54.6 cm³/mol. The van der Waals surface area contributed by atoms with E-state index in [4.69, 9.17) is 4.84 Å². The first-order valence-electron chi connectivity index (χ1n) is 4.52. The molecule has 1 rings (SSSR count). The van der Waals surface area contributed by atoms with Gasteiger partial charge < -0.3 is 0 Å². The maximum atomic E-state index is 12.8. The Balaban J connectivity index is 2.59. The van der Waals surface area contributed by atoms with Crippen LogP contribution >= 0.6 is 0 Å². The van der Waals surface area contributed by atoms with Crippen molar-refractivity contribution in [1.82, 2.24) is 5.48 Å². The zero-order valence-electron chi connectivity index (χ0n) is 8.72. The second kappa shape index (κ2) is 5.37. The van der Waals surface area contributed by atoms with Gasteiger partial charge >= 0.3 is 0 Å². The van der Waals surface area contributed by atoms with Gasteiger partial charge in [0.2, 0.25) is 0 Å². The number of nitrogens with one attached hydrogen (secondary N) is 1. The zero-order chi connectivity index (χ0) is 12.1. The van der Waals surface area contributed by atoms with Crippen molar-refractivity contribution in [2.75, 3.05) is 6.61 Å². The van der Waals surface area contributed by atoms with E-state index in [2.05, 4.69) is 12.1 Å². The van der Waals surface area contributed by atoms with Gasteiger partial charge in [-0.05, 0) is 25.1 Å². The zero-order valence-corrected chi connectivity index (χ0v) is 8.72. The molecule has 3 nitrogen and oxygen atoms in total. The van der Waals surface area contributed by atoms with E-state index in [9.17, 15) is 13.6 Å². The van der Waals surface area contributed by atoms with Crippen molar-refractivity contribution >= 4 is 5.91 Å². The number of halogens is 2. The lowest BCUT2D eigenvalue weighted by Crippen LogP contribution is -2.24. The molecule has 0 spiro atoms. The minimum Gasteiger partial charge on any atom is -0.269 e. The molecule has 0 radical (unpaired) electrons. The summed E-state index contributed by atoms with van der Waals surface area (Å²) in [5.74, 6) is -2.72. The molecule has 0 atom stereocenters. The van der Waals surface area contributed by atoms with Crippen LogP contribution in [0, 0.1) is 11.6 Å². The van der Waals surface area contributed by atoms with Crippen molar-refractivity contribution in [1.29, 1.82) is 0 Å². The fraction of sp³-hybridized carbons (Fsp3) is 0.182. The quantitative estimate of drug-likeness (QED) is 0.632. The van der Waals surface area contributed by atoms with Crippen molar-refractivity contribution in [3.63, 3.8) is 0 Å². The third-order valence-electron chi connectivity index (χ3n) is 1.67. The normalized spacial score (nSPS) is 9.94.